The van der Waals surface area contributed by atoms with Gasteiger partial charge in [-0.05, 0) is 49.2 Å². The highest BCUT2D eigenvalue weighted by Gasteiger charge is 2.21. The molecule has 0 saturated carbocycles. The lowest BCUT2D eigenvalue weighted by Crippen LogP contribution is -2.40. The zero-order chi connectivity index (χ0) is 24.3. The van der Waals surface area contributed by atoms with Crippen LogP contribution in [-0.2, 0) is 14.3 Å². The van der Waals surface area contributed by atoms with Gasteiger partial charge < -0.3 is 19.7 Å². The molecular formula is C25H26N4O5. The number of amides is 2. The third-order valence-corrected chi connectivity index (χ3v) is 4.77. The summed E-state index contributed by atoms with van der Waals surface area (Å²) >= 11 is 0. The first-order chi connectivity index (χ1) is 16.5. The molecule has 9 heteroatoms. The van der Waals surface area contributed by atoms with Gasteiger partial charge in [0.15, 0.2) is 6.61 Å². The van der Waals surface area contributed by atoms with Crippen molar-refractivity contribution in [3.05, 3.63) is 78.2 Å². The number of pyridine rings is 2. The number of carbonyl (C=O) groups excluding carboxylic acids is 3. The van der Waals surface area contributed by atoms with E-state index in [1.807, 2.05) is 32.0 Å². The topological polar surface area (TPSA) is 111 Å². The highest BCUT2D eigenvalue weighted by atomic mass is 16.5. The van der Waals surface area contributed by atoms with Crippen LogP contribution in [0.2, 0.25) is 0 Å². The second kappa shape index (κ2) is 12.1. The van der Waals surface area contributed by atoms with Crippen molar-refractivity contribution in [3.63, 3.8) is 0 Å². The average molecular weight is 463 g/mol. The summed E-state index contributed by atoms with van der Waals surface area (Å²) < 4.78 is 10.8. The maximum Gasteiger partial charge on any atom is 0.344 e. The highest BCUT2D eigenvalue weighted by Crippen LogP contribution is 2.22. The lowest BCUT2D eigenvalue weighted by atomic mass is 10.2. The van der Waals surface area contributed by atoms with E-state index in [2.05, 4.69) is 15.3 Å². The standard InChI is InChI=1S/C25H26N4O5/c1-3-14-29(16-22(30)28-21-11-5-4-8-18(21)2)23(31)17-33-25(32)20-10-7-13-27-24(20)34-19-9-6-12-26-15-19/h4-13,15H,3,14,16-17H2,1-2H3,(H,28,30). The zero-order valence-electron chi connectivity index (χ0n) is 19.1. The van der Waals surface area contributed by atoms with Gasteiger partial charge in [0.05, 0.1) is 12.7 Å². The van der Waals surface area contributed by atoms with Crippen molar-refractivity contribution in [2.24, 2.45) is 0 Å². The van der Waals surface area contributed by atoms with E-state index in [0.29, 0.717) is 24.4 Å². The number of nitrogens with zero attached hydrogens (tertiary/aromatic N) is 3. The Kier molecular flexibility index (Phi) is 8.67. The summed E-state index contributed by atoms with van der Waals surface area (Å²) in [4.78, 5) is 47.2. The first kappa shape index (κ1) is 24.4. The number of anilines is 1. The number of ether oxygens (including phenoxy) is 2. The van der Waals surface area contributed by atoms with E-state index in [-0.39, 0.29) is 23.9 Å². The van der Waals surface area contributed by atoms with Crippen molar-refractivity contribution in [1.82, 2.24) is 14.9 Å². The predicted molar refractivity (Wildman–Crippen MR) is 126 cm³/mol. The number of esters is 1. The van der Waals surface area contributed by atoms with Gasteiger partial charge in [0.1, 0.15) is 11.3 Å². The minimum atomic E-state index is -0.763. The van der Waals surface area contributed by atoms with E-state index in [1.54, 1.807) is 30.5 Å². The van der Waals surface area contributed by atoms with Crippen LogP contribution in [0, 0.1) is 6.92 Å². The molecule has 0 radical (unpaired) electrons. The Balaban J connectivity index is 1.60. The first-order valence-electron chi connectivity index (χ1n) is 10.8. The van der Waals surface area contributed by atoms with Crippen LogP contribution in [0.1, 0.15) is 29.3 Å². The first-order valence-corrected chi connectivity index (χ1v) is 10.8. The number of benzene rings is 1. The quantitative estimate of drug-likeness (QED) is 0.458. The Labute approximate surface area is 197 Å². The molecule has 2 heterocycles. The fourth-order valence-electron chi connectivity index (χ4n) is 3.08. The molecule has 3 aromatic rings. The summed E-state index contributed by atoms with van der Waals surface area (Å²) in [6.45, 7) is 3.45. The molecule has 0 unspecified atom stereocenters. The van der Waals surface area contributed by atoms with Gasteiger partial charge in [-0.2, -0.15) is 0 Å². The Morgan fingerprint density at radius 2 is 1.82 bits per heavy atom. The molecular weight excluding hydrogens is 436 g/mol. The Morgan fingerprint density at radius 1 is 1.03 bits per heavy atom. The molecule has 176 valence electrons. The van der Waals surface area contributed by atoms with Crippen LogP contribution >= 0.6 is 0 Å². The summed E-state index contributed by atoms with van der Waals surface area (Å²) in [6, 6.07) is 13.8. The lowest BCUT2D eigenvalue weighted by Gasteiger charge is -2.21. The minimum absolute atomic E-state index is 0.0379. The normalized spacial score (nSPS) is 10.3. The van der Waals surface area contributed by atoms with E-state index in [0.717, 1.165) is 5.56 Å². The molecule has 0 fully saturated rings. The number of hydrogen-bond donors (Lipinski definition) is 1. The van der Waals surface area contributed by atoms with E-state index >= 15 is 0 Å². The number of carbonyl (C=O) groups is 3. The van der Waals surface area contributed by atoms with Crippen molar-refractivity contribution in [1.29, 1.82) is 0 Å². The minimum Gasteiger partial charge on any atom is -0.452 e. The van der Waals surface area contributed by atoms with Crippen LogP contribution in [0.4, 0.5) is 5.69 Å². The molecule has 0 aliphatic rings. The van der Waals surface area contributed by atoms with Crippen LogP contribution < -0.4 is 10.1 Å². The maximum absolute atomic E-state index is 12.7. The third kappa shape index (κ3) is 6.86. The Bertz CT molecular complexity index is 1140. The second-order valence-corrected chi connectivity index (χ2v) is 7.40. The van der Waals surface area contributed by atoms with Crippen molar-refractivity contribution >= 4 is 23.5 Å². The zero-order valence-corrected chi connectivity index (χ0v) is 19.1. The van der Waals surface area contributed by atoms with Crippen LogP contribution in [0.25, 0.3) is 0 Å². The molecule has 0 bridgehead atoms. The third-order valence-electron chi connectivity index (χ3n) is 4.77. The van der Waals surface area contributed by atoms with Crippen LogP contribution in [0.3, 0.4) is 0 Å². The van der Waals surface area contributed by atoms with Crippen molar-refractivity contribution < 1.29 is 23.9 Å². The molecule has 0 saturated heterocycles. The Hall–Kier alpha value is -4.27. The summed E-state index contributed by atoms with van der Waals surface area (Å²) in [6.07, 6.45) is 5.19. The molecule has 0 atom stereocenters. The number of aryl methyl sites for hydroxylation is 1. The molecule has 1 aromatic carbocycles. The largest absolute Gasteiger partial charge is 0.452 e. The average Bonchev–Trinajstić information content (AvgIpc) is 2.84. The van der Waals surface area contributed by atoms with E-state index in [4.69, 9.17) is 9.47 Å². The van der Waals surface area contributed by atoms with Gasteiger partial charge in [-0.25, -0.2) is 9.78 Å². The van der Waals surface area contributed by atoms with E-state index in [9.17, 15) is 14.4 Å². The van der Waals surface area contributed by atoms with Crippen LogP contribution in [0.15, 0.2) is 67.1 Å². The maximum atomic E-state index is 12.7. The molecule has 9 nitrogen and oxygen atoms in total. The van der Waals surface area contributed by atoms with Gasteiger partial charge >= 0.3 is 5.97 Å². The fourth-order valence-corrected chi connectivity index (χ4v) is 3.08. The number of rotatable bonds is 10. The van der Waals surface area contributed by atoms with Gasteiger partial charge in [-0.3, -0.25) is 14.6 Å². The van der Waals surface area contributed by atoms with Crippen molar-refractivity contribution in [3.8, 4) is 11.6 Å². The highest BCUT2D eigenvalue weighted by molar-refractivity contribution is 5.96. The van der Waals surface area contributed by atoms with E-state index in [1.165, 1.54) is 23.4 Å². The summed E-state index contributed by atoms with van der Waals surface area (Å²) in [7, 11) is 0. The van der Waals surface area contributed by atoms with Gasteiger partial charge in [0, 0.05) is 24.6 Å². The van der Waals surface area contributed by atoms with Gasteiger partial charge in [-0.15, -0.1) is 0 Å². The van der Waals surface area contributed by atoms with Crippen molar-refractivity contribution in [2.75, 3.05) is 25.0 Å². The van der Waals surface area contributed by atoms with Gasteiger partial charge in [-0.1, -0.05) is 25.1 Å². The molecule has 3 rings (SSSR count). The number of aromatic nitrogens is 2. The molecule has 2 aromatic heterocycles. The fraction of sp³-hybridized carbons (Fsp3) is 0.240. The molecule has 0 aliphatic heterocycles. The Morgan fingerprint density at radius 3 is 2.56 bits per heavy atom. The van der Waals surface area contributed by atoms with Crippen LogP contribution in [0.5, 0.6) is 11.6 Å². The molecule has 34 heavy (non-hydrogen) atoms. The van der Waals surface area contributed by atoms with E-state index < -0.39 is 18.5 Å². The second-order valence-electron chi connectivity index (χ2n) is 7.40. The SMILES string of the molecule is CCCN(CC(=O)Nc1ccccc1C)C(=O)COC(=O)c1cccnc1Oc1cccnc1. The number of para-hydroxylation sites is 1. The number of nitrogens with one attached hydrogen (secondary N) is 1. The molecule has 0 spiro atoms. The molecule has 0 aliphatic carbocycles. The molecule has 1 N–H and O–H groups in total. The summed E-state index contributed by atoms with van der Waals surface area (Å²) in [5, 5.41) is 2.80. The smallest absolute Gasteiger partial charge is 0.344 e. The molecule has 2 amide bonds. The summed E-state index contributed by atoms with van der Waals surface area (Å²) in [5.74, 6) is -1.13. The number of hydrogen-bond acceptors (Lipinski definition) is 7. The predicted octanol–water partition coefficient (Wildman–Crippen LogP) is 3.61. The summed E-state index contributed by atoms with van der Waals surface area (Å²) in [5.41, 5.74) is 1.66. The lowest BCUT2D eigenvalue weighted by molar-refractivity contribution is -0.137. The van der Waals surface area contributed by atoms with Crippen molar-refractivity contribution in [2.45, 2.75) is 20.3 Å². The van der Waals surface area contributed by atoms with Gasteiger partial charge in [0.25, 0.3) is 5.91 Å². The van der Waals surface area contributed by atoms with Gasteiger partial charge in [0.2, 0.25) is 11.8 Å². The monoisotopic (exact) mass is 462 g/mol. The van der Waals surface area contributed by atoms with Crippen LogP contribution in [-0.4, -0.2) is 52.3 Å².